The number of allylic oxidation sites excluding steroid dienone is 12. The van der Waals surface area contributed by atoms with E-state index in [1.807, 2.05) is 0 Å². The summed E-state index contributed by atoms with van der Waals surface area (Å²) in [5.41, 5.74) is 0. The Morgan fingerprint density at radius 3 is 1.18 bits per heavy atom. The van der Waals surface area contributed by atoms with Gasteiger partial charge in [0.2, 0.25) is 0 Å². The van der Waals surface area contributed by atoms with Crippen LogP contribution >= 0.6 is 7.82 Å². The van der Waals surface area contributed by atoms with E-state index < -0.39 is 57.8 Å². The molecule has 0 aliphatic heterocycles. The lowest BCUT2D eigenvalue weighted by atomic mass is 10.1. The third-order valence-corrected chi connectivity index (χ3v) is 13.0. The number of aliphatic hydroxyl groups is 1. The van der Waals surface area contributed by atoms with Gasteiger partial charge >= 0.3 is 25.7 Å². The minimum Gasteiger partial charge on any atom is -0.462 e. The Morgan fingerprint density at radius 1 is 0.403 bits per heavy atom. The fourth-order valence-electron chi connectivity index (χ4n) is 7.70. The standard InChI is InChI=1S/C60H105O11P/c1-4-7-10-13-16-19-22-25-27-28-30-33-36-39-42-45-48-51-60(64)71-57(53-67-58(62)49-46-43-40-37-34-31-24-21-18-15-12-9-6-3)55-69-72(65,66)68-54-56(52-61)70-59(63)50-47-44-41-38-35-32-29-26-23-20-17-14-11-8-5-2/h8,11-12,15,17,20-21,24-27,29,56-57,61H,4-7,9-10,13-14,16,18-19,22-23,28,30-55H2,1-3H3,(H,65,66)/b11-8-,15-12-,20-17-,24-21-,27-25-,29-26-. The number of carbonyl (C=O) groups excluding carboxylic acids is 3. The van der Waals surface area contributed by atoms with E-state index in [2.05, 4.69) is 93.7 Å². The number of rotatable bonds is 53. The van der Waals surface area contributed by atoms with Gasteiger partial charge in [-0.3, -0.25) is 23.4 Å². The molecule has 2 N–H and O–H groups in total. The Bertz CT molecular complexity index is 1490. The average Bonchev–Trinajstić information content (AvgIpc) is 3.37. The lowest BCUT2D eigenvalue weighted by Crippen LogP contribution is -2.30. The number of esters is 3. The first kappa shape index (κ1) is 68.9. The van der Waals surface area contributed by atoms with Crippen molar-refractivity contribution >= 4 is 25.7 Å². The maximum atomic E-state index is 12.9. The smallest absolute Gasteiger partial charge is 0.462 e. The molecule has 416 valence electrons. The van der Waals surface area contributed by atoms with Crippen molar-refractivity contribution in [2.24, 2.45) is 0 Å². The van der Waals surface area contributed by atoms with Crippen LogP contribution in [0.5, 0.6) is 0 Å². The number of unbranched alkanes of at least 4 members (excludes halogenated alkanes) is 24. The molecule has 3 unspecified atom stereocenters. The van der Waals surface area contributed by atoms with Gasteiger partial charge in [-0.15, -0.1) is 0 Å². The first-order chi connectivity index (χ1) is 35.2. The first-order valence-electron chi connectivity index (χ1n) is 28.8. The molecule has 0 radical (unpaired) electrons. The summed E-state index contributed by atoms with van der Waals surface area (Å²) in [7, 11) is -4.76. The van der Waals surface area contributed by atoms with E-state index in [0.717, 1.165) is 128 Å². The van der Waals surface area contributed by atoms with Crippen molar-refractivity contribution in [3.63, 3.8) is 0 Å². The Labute approximate surface area is 439 Å². The number of aliphatic hydroxyl groups excluding tert-OH is 1. The summed E-state index contributed by atoms with van der Waals surface area (Å²) in [4.78, 5) is 48.5. The van der Waals surface area contributed by atoms with Crippen molar-refractivity contribution < 1.29 is 52.2 Å². The summed E-state index contributed by atoms with van der Waals surface area (Å²) >= 11 is 0. The highest BCUT2D eigenvalue weighted by molar-refractivity contribution is 7.47. The molecule has 0 heterocycles. The van der Waals surface area contributed by atoms with Gasteiger partial charge in [0.05, 0.1) is 19.8 Å². The molecule has 0 aromatic carbocycles. The summed E-state index contributed by atoms with van der Waals surface area (Å²) in [5.74, 6) is -1.50. The van der Waals surface area contributed by atoms with Crippen LogP contribution in [0.2, 0.25) is 0 Å². The molecular weight excluding hydrogens is 928 g/mol. The molecule has 12 heteroatoms. The third-order valence-electron chi connectivity index (χ3n) is 12.1. The fraction of sp³-hybridized carbons (Fsp3) is 0.750. The Morgan fingerprint density at radius 2 is 0.750 bits per heavy atom. The predicted octanol–water partition coefficient (Wildman–Crippen LogP) is 16.9. The highest BCUT2D eigenvalue weighted by Gasteiger charge is 2.28. The first-order valence-corrected chi connectivity index (χ1v) is 30.3. The van der Waals surface area contributed by atoms with E-state index in [-0.39, 0.29) is 25.9 Å². The van der Waals surface area contributed by atoms with Gasteiger partial charge in [0.25, 0.3) is 0 Å². The molecule has 3 atom stereocenters. The highest BCUT2D eigenvalue weighted by Crippen LogP contribution is 2.43. The third kappa shape index (κ3) is 51.8. The molecule has 0 aromatic rings. The molecular formula is C60H105O11P. The molecule has 0 bridgehead atoms. The van der Waals surface area contributed by atoms with Crippen molar-refractivity contribution in [3.8, 4) is 0 Å². The fourth-order valence-corrected chi connectivity index (χ4v) is 8.48. The van der Waals surface area contributed by atoms with Gasteiger partial charge in [-0.25, -0.2) is 4.57 Å². The second-order valence-electron chi connectivity index (χ2n) is 19.1. The Hall–Kier alpha value is -3.08. The van der Waals surface area contributed by atoms with Gasteiger partial charge in [0, 0.05) is 19.3 Å². The minimum absolute atomic E-state index is 0.155. The van der Waals surface area contributed by atoms with E-state index in [9.17, 15) is 28.9 Å². The van der Waals surface area contributed by atoms with E-state index >= 15 is 0 Å². The van der Waals surface area contributed by atoms with Crippen molar-refractivity contribution in [1.82, 2.24) is 0 Å². The minimum atomic E-state index is -4.76. The number of carbonyl (C=O) groups is 3. The van der Waals surface area contributed by atoms with E-state index in [0.29, 0.717) is 19.3 Å². The van der Waals surface area contributed by atoms with Gasteiger partial charge in [-0.1, -0.05) is 203 Å². The SMILES string of the molecule is CC/C=C\C/C=C\C/C=C\CCCCCCCC(=O)OC(CO)COP(=O)(O)OCC(COC(=O)CCCCCCC/C=C\C/C=C\CCC)OC(=O)CCCCCCCCC/C=C\CCCCCCCC. The zero-order valence-electron chi connectivity index (χ0n) is 45.9. The lowest BCUT2D eigenvalue weighted by molar-refractivity contribution is -0.161. The summed E-state index contributed by atoms with van der Waals surface area (Å²) in [6.45, 7) is 4.43. The monoisotopic (exact) mass is 1030 g/mol. The van der Waals surface area contributed by atoms with Crippen LogP contribution in [-0.2, 0) is 42.2 Å². The molecule has 0 aliphatic carbocycles. The molecule has 0 saturated heterocycles. The second kappa shape index (κ2) is 54.2. The molecule has 0 amide bonds. The molecule has 0 fully saturated rings. The lowest BCUT2D eigenvalue weighted by Gasteiger charge is -2.21. The van der Waals surface area contributed by atoms with Crippen molar-refractivity contribution in [3.05, 3.63) is 72.9 Å². The predicted molar refractivity (Wildman–Crippen MR) is 298 cm³/mol. The molecule has 72 heavy (non-hydrogen) atoms. The second-order valence-corrected chi connectivity index (χ2v) is 20.5. The van der Waals surface area contributed by atoms with Gasteiger partial charge in [0.15, 0.2) is 6.10 Å². The van der Waals surface area contributed by atoms with Crippen LogP contribution < -0.4 is 0 Å². The van der Waals surface area contributed by atoms with Crippen molar-refractivity contribution in [2.45, 2.75) is 264 Å². The van der Waals surface area contributed by atoms with Crippen LogP contribution in [0.3, 0.4) is 0 Å². The van der Waals surface area contributed by atoms with Crippen LogP contribution in [0.1, 0.15) is 252 Å². The molecule has 0 aliphatic rings. The largest absolute Gasteiger partial charge is 0.472 e. The van der Waals surface area contributed by atoms with Gasteiger partial charge in [0.1, 0.15) is 12.7 Å². The summed E-state index contributed by atoms with van der Waals surface area (Å²) < 4.78 is 39.5. The molecule has 0 rings (SSSR count). The summed E-state index contributed by atoms with van der Waals surface area (Å²) in [5, 5.41) is 9.81. The summed E-state index contributed by atoms with van der Waals surface area (Å²) in [6, 6.07) is 0. The van der Waals surface area contributed by atoms with Crippen molar-refractivity contribution in [2.75, 3.05) is 26.4 Å². The zero-order valence-corrected chi connectivity index (χ0v) is 46.8. The van der Waals surface area contributed by atoms with Gasteiger partial charge in [-0.05, 0) is 103 Å². The van der Waals surface area contributed by atoms with Crippen LogP contribution in [0.4, 0.5) is 0 Å². The Balaban J connectivity index is 4.74. The highest BCUT2D eigenvalue weighted by atomic mass is 31.2. The number of hydrogen-bond donors (Lipinski definition) is 2. The van der Waals surface area contributed by atoms with E-state index in [1.165, 1.54) is 64.2 Å². The van der Waals surface area contributed by atoms with Crippen LogP contribution in [0, 0.1) is 0 Å². The number of phosphoric acid groups is 1. The Kier molecular flexibility index (Phi) is 51.9. The topological polar surface area (TPSA) is 155 Å². The summed E-state index contributed by atoms with van der Waals surface area (Å²) in [6.07, 6.45) is 60.0. The van der Waals surface area contributed by atoms with Crippen molar-refractivity contribution in [1.29, 1.82) is 0 Å². The van der Waals surface area contributed by atoms with E-state index in [1.54, 1.807) is 0 Å². The quantitative estimate of drug-likeness (QED) is 0.0197. The number of ether oxygens (including phenoxy) is 3. The van der Waals surface area contributed by atoms with Gasteiger partial charge < -0.3 is 24.2 Å². The normalized spacial score (nSPS) is 13.9. The van der Waals surface area contributed by atoms with E-state index in [4.69, 9.17) is 23.3 Å². The maximum absolute atomic E-state index is 12.9. The molecule has 0 aromatic heterocycles. The maximum Gasteiger partial charge on any atom is 0.472 e. The number of phosphoric ester groups is 1. The van der Waals surface area contributed by atoms with Crippen LogP contribution in [-0.4, -0.2) is 66.5 Å². The number of hydrogen-bond acceptors (Lipinski definition) is 10. The van der Waals surface area contributed by atoms with Gasteiger partial charge in [-0.2, -0.15) is 0 Å². The van der Waals surface area contributed by atoms with Crippen LogP contribution in [0.25, 0.3) is 0 Å². The van der Waals surface area contributed by atoms with Crippen LogP contribution in [0.15, 0.2) is 72.9 Å². The molecule has 0 saturated carbocycles. The zero-order chi connectivity index (χ0) is 52.7. The average molecular weight is 1030 g/mol. The molecule has 11 nitrogen and oxygen atoms in total. The molecule has 0 spiro atoms.